The second-order valence-electron chi connectivity index (χ2n) is 8.80. The molecular formula is C22H31N5O3S. The fourth-order valence-electron chi connectivity index (χ4n) is 4.18. The summed E-state index contributed by atoms with van der Waals surface area (Å²) in [5.74, 6) is 0.231. The molecule has 8 nitrogen and oxygen atoms in total. The van der Waals surface area contributed by atoms with Crippen molar-refractivity contribution in [2.45, 2.75) is 57.5 Å². The van der Waals surface area contributed by atoms with Gasteiger partial charge in [-0.2, -0.15) is 8.42 Å². The van der Waals surface area contributed by atoms with Gasteiger partial charge in [0.2, 0.25) is 0 Å². The highest BCUT2D eigenvalue weighted by Crippen LogP contribution is 2.39. The fourth-order valence-corrected chi connectivity index (χ4v) is 5.16. The number of carbonyl (C=O) groups excluding carboxylic acids is 1. The third kappa shape index (κ3) is 5.22. The predicted molar refractivity (Wildman–Crippen MR) is 120 cm³/mol. The second kappa shape index (κ2) is 8.92. The number of nitrogens with two attached hydrogens (primary N) is 1. The van der Waals surface area contributed by atoms with Crippen LogP contribution in [0.15, 0.2) is 35.4 Å². The van der Waals surface area contributed by atoms with Gasteiger partial charge in [0, 0.05) is 23.5 Å². The van der Waals surface area contributed by atoms with E-state index in [4.69, 9.17) is 5.73 Å². The van der Waals surface area contributed by atoms with Gasteiger partial charge in [0.05, 0.1) is 5.56 Å². The van der Waals surface area contributed by atoms with E-state index in [0.29, 0.717) is 24.0 Å². The van der Waals surface area contributed by atoms with Gasteiger partial charge in [-0.15, -0.1) is 0 Å². The number of hydrogen-bond donors (Lipinski definition) is 2. The summed E-state index contributed by atoms with van der Waals surface area (Å²) in [5.41, 5.74) is 7.00. The summed E-state index contributed by atoms with van der Waals surface area (Å²) < 4.78 is 27.6. The van der Waals surface area contributed by atoms with Gasteiger partial charge in [0.25, 0.3) is 15.9 Å². The van der Waals surface area contributed by atoms with Crippen LogP contribution in [0.25, 0.3) is 0 Å². The van der Waals surface area contributed by atoms with E-state index >= 15 is 0 Å². The number of anilines is 1. The number of nitrogens with zero attached hydrogens (tertiary/aromatic N) is 3. The van der Waals surface area contributed by atoms with Crippen LogP contribution in [0.5, 0.6) is 0 Å². The second-order valence-corrected chi connectivity index (χ2v) is 10.4. The summed E-state index contributed by atoms with van der Waals surface area (Å²) in [5, 5.41) is -0.189. The van der Waals surface area contributed by atoms with E-state index in [2.05, 4.69) is 33.4 Å². The monoisotopic (exact) mass is 445 g/mol. The van der Waals surface area contributed by atoms with E-state index in [0.717, 1.165) is 31.5 Å². The lowest BCUT2D eigenvalue weighted by molar-refractivity contribution is 0.0981. The van der Waals surface area contributed by atoms with Crippen molar-refractivity contribution in [3.05, 3.63) is 47.3 Å². The number of rotatable bonds is 7. The first-order valence-electron chi connectivity index (χ1n) is 10.5. The number of sulfonamides is 1. The van der Waals surface area contributed by atoms with Crippen molar-refractivity contribution in [1.82, 2.24) is 14.7 Å². The fraction of sp³-hybridized carbons (Fsp3) is 0.500. The van der Waals surface area contributed by atoms with Gasteiger partial charge in [0.1, 0.15) is 5.82 Å². The summed E-state index contributed by atoms with van der Waals surface area (Å²) >= 11 is 0. The first-order valence-corrected chi connectivity index (χ1v) is 12.0. The zero-order valence-corrected chi connectivity index (χ0v) is 19.4. The lowest BCUT2D eigenvalue weighted by Gasteiger charge is -2.33. The van der Waals surface area contributed by atoms with Crippen LogP contribution in [0, 0.1) is 19.8 Å². The van der Waals surface area contributed by atoms with Crippen LogP contribution in [-0.4, -0.2) is 42.9 Å². The molecule has 1 atom stereocenters. The number of aryl methyl sites for hydroxylation is 2. The van der Waals surface area contributed by atoms with Crippen LogP contribution in [0.4, 0.5) is 5.82 Å². The molecule has 1 fully saturated rings. The van der Waals surface area contributed by atoms with Crippen LogP contribution in [0.1, 0.15) is 54.9 Å². The van der Waals surface area contributed by atoms with Gasteiger partial charge in [-0.25, -0.2) is 14.7 Å². The van der Waals surface area contributed by atoms with Crippen LogP contribution >= 0.6 is 0 Å². The Morgan fingerprint density at radius 1 is 1.19 bits per heavy atom. The molecule has 0 saturated carbocycles. The highest BCUT2D eigenvalue weighted by Gasteiger charge is 2.40. The predicted octanol–water partition coefficient (Wildman–Crippen LogP) is 2.56. The van der Waals surface area contributed by atoms with Crippen molar-refractivity contribution in [1.29, 1.82) is 0 Å². The molecule has 3 N–H and O–H groups in total. The van der Waals surface area contributed by atoms with Crippen molar-refractivity contribution >= 4 is 21.7 Å². The molecule has 1 amide bonds. The Bertz CT molecular complexity index is 1070. The molecule has 3 heterocycles. The van der Waals surface area contributed by atoms with Gasteiger partial charge in [-0.1, -0.05) is 6.07 Å². The molecule has 1 saturated heterocycles. The SMILES string of the molecule is Cc1cccc(S(=O)(=O)NC(=O)c2ccc(C)nc2N2C[C@@H](CCCN)CC2(C)C)n1. The first-order chi connectivity index (χ1) is 14.5. The highest BCUT2D eigenvalue weighted by molar-refractivity contribution is 7.90. The molecule has 0 bridgehead atoms. The maximum atomic E-state index is 13.1. The molecule has 3 rings (SSSR count). The molecule has 0 unspecified atom stereocenters. The number of hydrogen-bond acceptors (Lipinski definition) is 7. The molecule has 1 aliphatic rings. The van der Waals surface area contributed by atoms with Crippen molar-refractivity contribution < 1.29 is 13.2 Å². The average molecular weight is 446 g/mol. The molecule has 0 radical (unpaired) electrons. The lowest BCUT2D eigenvalue weighted by Crippen LogP contribution is -2.41. The molecule has 0 aliphatic carbocycles. The molecule has 9 heteroatoms. The van der Waals surface area contributed by atoms with Gasteiger partial charge >= 0.3 is 0 Å². The van der Waals surface area contributed by atoms with E-state index in [1.54, 1.807) is 31.2 Å². The molecular weight excluding hydrogens is 414 g/mol. The third-order valence-electron chi connectivity index (χ3n) is 5.66. The minimum absolute atomic E-state index is 0.189. The molecule has 0 aromatic carbocycles. The Morgan fingerprint density at radius 2 is 1.90 bits per heavy atom. The van der Waals surface area contributed by atoms with Crippen LogP contribution < -0.4 is 15.4 Å². The lowest BCUT2D eigenvalue weighted by atomic mass is 9.93. The number of amides is 1. The smallest absolute Gasteiger partial charge is 0.281 e. The normalized spacial score (nSPS) is 18.2. The van der Waals surface area contributed by atoms with Gasteiger partial charge in [-0.05, 0) is 83.7 Å². The van der Waals surface area contributed by atoms with E-state index in [9.17, 15) is 13.2 Å². The third-order valence-corrected chi connectivity index (χ3v) is 6.89. The summed E-state index contributed by atoms with van der Waals surface area (Å²) in [6.07, 6.45) is 2.91. The Labute approximate surface area is 184 Å². The summed E-state index contributed by atoms with van der Waals surface area (Å²) in [6.45, 7) is 9.18. The zero-order chi connectivity index (χ0) is 22.8. The minimum atomic E-state index is -4.10. The first kappa shape index (κ1) is 23.1. The summed E-state index contributed by atoms with van der Waals surface area (Å²) in [6, 6.07) is 8.00. The van der Waals surface area contributed by atoms with E-state index in [-0.39, 0.29) is 16.1 Å². The molecule has 168 valence electrons. The van der Waals surface area contributed by atoms with Gasteiger partial charge in [0.15, 0.2) is 5.03 Å². The van der Waals surface area contributed by atoms with Crippen LogP contribution in [0.3, 0.4) is 0 Å². The maximum Gasteiger partial charge on any atom is 0.281 e. The average Bonchev–Trinajstić information content (AvgIpc) is 3.00. The number of aromatic nitrogens is 2. The molecule has 31 heavy (non-hydrogen) atoms. The Kier molecular flexibility index (Phi) is 6.66. The van der Waals surface area contributed by atoms with E-state index < -0.39 is 15.9 Å². The van der Waals surface area contributed by atoms with Crippen molar-refractivity contribution in [3.8, 4) is 0 Å². The van der Waals surface area contributed by atoms with Crippen LogP contribution in [0.2, 0.25) is 0 Å². The number of pyridine rings is 2. The topological polar surface area (TPSA) is 118 Å². The van der Waals surface area contributed by atoms with E-state index in [1.165, 1.54) is 6.07 Å². The van der Waals surface area contributed by atoms with Crippen molar-refractivity contribution in [2.24, 2.45) is 11.7 Å². The van der Waals surface area contributed by atoms with Crippen molar-refractivity contribution in [2.75, 3.05) is 18.0 Å². The minimum Gasteiger partial charge on any atom is -0.351 e. The molecule has 1 aliphatic heterocycles. The molecule has 2 aromatic rings. The van der Waals surface area contributed by atoms with E-state index in [1.807, 2.05) is 6.92 Å². The Balaban J connectivity index is 1.92. The van der Waals surface area contributed by atoms with Crippen LogP contribution in [-0.2, 0) is 10.0 Å². The van der Waals surface area contributed by atoms with Gasteiger partial charge in [-0.3, -0.25) is 4.79 Å². The standard InChI is InChI=1S/C22H31N5O3S/c1-15-7-5-9-19(24-15)31(29,30)26-21(28)18-11-10-16(2)25-20(18)27-14-17(8-6-12-23)13-22(27,3)4/h5,7,9-11,17H,6,8,12-14,23H2,1-4H3,(H,26,28)/t17-/m0/s1. The van der Waals surface area contributed by atoms with Crippen molar-refractivity contribution in [3.63, 3.8) is 0 Å². The van der Waals surface area contributed by atoms with Gasteiger partial charge < -0.3 is 10.6 Å². The summed E-state index contributed by atoms with van der Waals surface area (Å²) in [7, 11) is -4.10. The number of carbonyl (C=O) groups is 1. The highest BCUT2D eigenvalue weighted by atomic mass is 32.2. The largest absolute Gasteiger partial charge is 0.351 e. The maximum absolute atomic E-state index is 13.1. The zero-order valence-electron chi connectivity index (χ0n) is 18.6. The Hall–Kier alpha value is -2.52. The Morgan fingerprint density at radius 3 is 2.58 bits per heavy atom. The number of nitrogens with one attached hydrogen (secondary N) is 1. The quantitative estimate of drug-likeness (QED) is 0.672. The molecule has 2 aromatic heterocycles. The molecule has 0 spiro atoms. The summed E-state index contributed by atoms with van der Waals surface area (Å²) in [4.78, 5) is 23.9.